The summed E-state index contributed by atoms with van der Waals surface area (Å²) in [6, 6.07) is 9.63. The van der Waals surface area contributed by atoms with Gasteiger partial charge in [0.1, 0.15) is 0 Å². The van der Waals surface area contributed by atoms with Crippen molar-refractivity contribution in [1.29, 1.82) is 0 Å². The van der Waals surface area contributed by atoms with Crippen LogP contribution in [0.4, 0.5) is 0 Å². The lowest BCUT2D eigenvalue weighted by molar-refractivity contribution is 0.0634. The molecule has 0 radical (unpaired) electrons. The summed E-state index contributed by atoms with van der Waals surface area (Å²) in [7, 11) is 3.05. The first-order valence-corrected chi connectivity index (χ1v) is 12.1. The SMILES string of the molecule is COc1ccc(C(=O)NC2CCN(C(=O)c3ccc4c(c3)C(=O)N(CC(C)C)C4=O)CC2)cc1OC. The van der Waals surface area contributed by atoms with E-state index >= 15 is 0 Å². The van der Waals surface area contributed by atoms with Crippen LogP contribution in [0.5, 0.6) is 11.5 Å². The molecule has 0 spiro atoms. The topological polar surface area (TPSA) is 105 Å². The third-order valence-electron chi connectivity index (χ3n) is 6.53. The Bertz CT molecular complexity index is 1200. The van der Waals surface area contributed by atoms with E-state index in [1.807, 2.05) is 13.8 Å². The third-order valence-corrected chi connectivity index (χ3v) is 6.53. The molecule has 4 amide bonds. The average Bonchev–Trinajstić information content (AvgIpc) is 3.12. The van der Waals surface area contributed by atoms with Crippen LogP contribution in [0.25, 0.3) is 0 Å². The zero-order valence-corrected chi connectivity index (χ0v) is 21.0. The summed E-state index contributed by atoms with van der Waals surface area (Å²) < 4.78 is 10.5. The molecule has 0 atom stereocenters. The molecule has 190 valence electrons. The van der Waals surface area contributed by atoms with E-state index in [1.165, 1.54) is 25.2 Å². The minimum absolute atomic E-state index is 0.0709. The number of amides is 4. The highest BCUT2D eigenvalue weighted by Crippen LogP contribution is 2.28. The molecular formula is C27H31N3O6. The summed E-state index contributed by atoms with van der Waals surface area (Å²) in [6.07, 6.45) is 1.21. The Balaban J connectivity index is 1.37. The van der Waals surface area contributed by atoms with Gasteiger partial charge >= 0.3 is 0 Å². The van der Waals surface area contributed by atoms with E-state index < -0.39 is 0 Å². The van der Waals surface area contributed by atoms with Crippen molar-refractivity contribution in [2.75, 3.05) is 33.9 Å². The molecule has 1 saturated heterocycles. The average molecular weight is 494 g/mol. The standard InChI is InChI=1S/C27H31N3O6/c1-16(2)15-30-26(33)20-7-5-18(13-21(20)27(30)34)25(32)29-11-9-19(10-12-29)28-24(31)17-6-8-22(35-3)23(14-17)36-4/h5-8,13-14,16,19H,9-12,15H2,1-4H3,(H,28,31). The third kappa shape index (κ3) is 4.91. The first-order chi connectivity index (χ1) is 17.2. The Morgan fingerprint density at radius 2 is 1.56 bits per heavy atom. The number of ether oxygens (including phenoxy) is 2. The Morgan fingerprint density at radius 1 is 0.917 bits per heavy atom. The summed E-state index contributed by atoms with van der Waals surface area (Å²) in [5.41, 5.74) is 1.47. The van der Waals surface area contributed by atoms with Crippen LogP contribution in [0.2, 0.25) is 0 Å². The van der Waals surface area contributed by atoms with Gasteiger partial charge in [-0.15, -0.1) is 0 Å². The van der Waals surface area contributed by atoms with E-state index in [-0.39, 0.29) is 41.2 Å². The maximum absolute atomic E-state index is 13.1. The van der Waals surface area contributed by atoms with Crippen molar-refractivity contribution in [2.45, 2.75) is 32.7 Å². The number of nitrogens with zero attached hydrogens (tertiary/aromatic N) is 2. The van der Waals surface area contributed by atoms with Crippen LogP contribution in [0.15, 0.2) is 36.4 Å². The maximum atomic E-state index is 13.1. The second kappa shape index (κ2) is 10.4. The molecule has 9 nitrogen and oxygen atoms in total. The summed E-state index contributed by atoms with van der Waals surface area (Å²) in [4.78, 5) is 54.2. The fourth-order valence-electron chi connectivity index (χ4n) is 4.61. The molecule has 0 bridgehead atoms. The number of imide groups is 1. The Morgan fingerprint density at radius 3 is 2.19 bits per heavy atom. The Kier molecular flexibility index (Phi) is 7.28. The van der Waals surface area contributed by atoms with Crippen LogP contribution in [0.1, 0.15) is 68.1 Å². The van der Waals surface area contributed by atoms with Gasteiger partial charge in [-0.3, -0.25) is 24.1 Å². The van der Waals surface area contributed by atoms with Gasteiger partial charge < -0.3 is 19.7 Å². The van der Waals surface area contributed by atoms with Gasteiger partial charge in [-0.25, -0.2) is 0 Å². The van der Waals surface area contributed by atoms with E-state index in [0.717, 1.165) is 0 Å². The van der Waals surface area contributed by atoms with Crippen molar-refractivity contribution < 1.29 is 28.7 Å². The molecule has 2 heterocycles. The summed E-state index contributed by atoms with van der Waals surface area (Å²) >= 11 is 0. The summed E-state index contributed by atoms with van der Waals surface area (Å²) in [5, 5.41) is 3.03. The largest absolute Gasteiger partial charge is 0.493 e. The second-order valence-corrected chi connectivity index (χ2v) is 9.48. The van der Waals surface area contributed by atoms with E-state index in [2.05, 4.69) is 5.32 Å². The van der Waals surface area contributed by atoms with Gasteiger partial charge in [-0.05, 0) is 55.2 Å². The number of nitrogens with one attached hydrogen (secondary N) is 1. The molecule has 0 aliphatic carbocycles. The molecule has 1 N–H and O–H groups in total. The van der Waals surface area contributed by atoms with Crippen LogP contribution in [0.3, 0.4) is 0 Å². The minimum atomic E-state index is -0.352. The Labute approximate surface area is 210 Å². The zero-order valence-electron chi connectivity index (χ0n) is 21.0. The molecule has 36 heavy (non-hydrogen) atoms. The molecule has 2 aromatic rings. The molecule has 2 aromatic carbocycles. The molecule has 0 aromatic heterocycles. The monoisotopic (exact) mass is 493 g/mol. The molecule has 2 aliphatic rings. The van der Waals surface area contributed by atoms with Crippen molar-refractivity contribution in [2.24, 2.45) is 5.92 Å². The highest BCUT2D eigenvalue weighted by Gasteiger charge is 2.36. The number of hydrogen-bond acceptors (Lipinski definition) is 6. The highest BCUT2D eigenvalue weighted by atomic mass is 16.5. The van der Waals surface area contributed by atoms with Crippen molar-refractivity contribution in [3.05, 3.63) is 58.7 Å². The number of methoxy groups -OCH3 is 2. The molecule has 9 heteroatoms. The van der Waals surface area contributed by atoms with Gasteiger partial charge in [-0.2, -0.15) is 0 Å². The number of likely N-dealkylation sites (tertiary alicyclic amines) is 1. The van der Waals surface area contributed by atoms with E-state index in [0.29, 0.717) is 60.7 Å². The maximum Gasteiger partial charge on any atom is 0.261 e. The van der Waals surface area contributed by atoms with Crippen LogP contribution < -0.4 is 14.8 Å². The van der Waals surface area contributed by atoms with E-state index in [9.17, 15) is 19.2 Å². The molecule has 2 aliphatic heterocycles. The van der Waals surface area contributed by atoms with Crippen molar-refractivity contribution in [1.82, 2.24) is 15.1 Å². The van der Waals surface area contributed by atoms with Crippen LogP contribution in [-0.4, -0.2) is 73.3 Å². The molecular weight excluding hydrogens is 462 g/mol. The van der Waals surface area contributed by atoms with E-state index in [1.54, 1.807) is 35.2 Å². The fraction of sp³-hybridized carbons (Fsp3) is 0.407. The number of benzene rings is 2. The van der Waals surface area contributed by atoms with Gasteiger partial charge in [0.15, 0.2) is 11.5 Å². The van der Waals surface area contributed by atoms with Crippen LogP contribution >= 0.6 is 0 Å². The number of hydrogen-bond donors (Lipinski definition) is 1. The molecule has 4 rings (SSSR count). The molecule has 0 unspecified atom stereocenters. The first kappa shape index (κ1) is 25.2. The number of carbonyl (C=O) groups is 4. The predicted octanol–water partition coefficient (Wildman–Crippen LogP) is 2.99. The lowest BCUT2D eigenvalue weighted by atomic mass is 10.0. The molecule has 0 saturated carbocycles. The minimum Gasteiger partial charge on any atom is -0.493 e. The van der Waals surface area contributed by atoms with Gasteiger partial charge in [0.05, 0.1) is 25.3 Å². The van der Waals surface area contributed by atoms with Gasteiger partial charge in [-0.1, -0.05) is 13.8 Å². The lowest BCUT2D eigenvalue weighted by Crippen LogP contribution is -2.46. The van der Waals surface area contributed by atoms with E-state index in [4.69, 9.17) is 9.47 Å². The van der Waals surface area contributed by atoms with Crippen LogP contribution in [-0.2, 0) is 0 Å². The van der Waals surface area contributed by atoms with Gasteiger partial charge in [0.2, 0.25) is 0 Å². The van der Waals surface area contributed by atoms with Crippen LogP contribution in [0, 0.1) is 5.92 Å². The number of carbonyl (C=O) groups excluding carboxylic acids is 4. The summed E-state index contributed by atoms with van der Waals surface area (Å²) in [6.45, 7) is 5.17. The lowest BCUT2D eigenvalue weighted by Gasteiger charge is -2.32. The number of rotatable bonds is 7. The quantitative estimate of drug-likeness (QED) is 0.595. The fourth-order valence-corrected chi connectivity index (χ4v) is 4.61. The normalized spacial score (nSPS) is 15.8. The zero-order chi connectivity index (χ0) is 26.0. The van der Waals surface area contributed by atoms with Gasteiger partial charge in [0, 0.05) is 36.8 Å². The smallest absolute Gasteiger partial charge is 0.261 e. The van der Waals surface area contributed by atoms with Crippen molar-refractivity contribution in [3.63, 3.8) is 0 Å². The highest BCUT2D eigenvalue weighted by molar-refractivity contribution is 6.22. The first-order valence-electron chi connectivity index (χ1n) is 12.1. The van der Waals surface area contributed by atoms with Crippen molar-refractivity contribution >= 4 is 23.6 Å². The Hall–Kier alpha value is -3.88. The number of piperidine rings is 1. The second-order valence-electron chi connectivity index (χ2n) is 9.48. The van der Waals surface area contributed by atoms with Gasteiger partial charge in [0.25, 0.3) is 23.6 Å². The predicted molar refractivity (Wildman–Crippen MR) is 133 cm³/mol. The molecule has 1 fully saturated rings. The number of fused-ring (bicyclic) bond motifs is 1. The summed E-state index contributed by atoms with van der Waals surface area (Å²) in [5.74, 6) is 0.113. The van der Waals surface area contributed by atoms with Crippen molar-refractivity contribution in [3.8, 4) is 11.5 Å².